The van der Waals surface area contributed by atoms with E-state index in [4.69, 9.17) is 0 Å². The van der Waals surface area contributed by atoms with Gasteiger partial charge in [-0.3, -0.25) is 15.0 Å². The smallest absolute Gasteiger partial charge is 0.321 e. The normalized spacial score (nSPS) is 24.2. The third-order valence-electron chi connectivity index (χ3n) is 4.72. The SMILES string of the molecule is CC(C)C1CCCN1CC(=O)NC(=O)NC1CCCCC1. The van der Waals surface area contributed by atoms with Gasteiger partial charge in [-0.2, -0.15) is 0 Å². The quantitative estimate of drug-likeness (QED) is 0.836. The highest BCUT2D eigenvalue weighted by Crippen LogP contribution is 2.23. The van der Waals surface area contributed by atoms with Crippen LogP contribution in [0.1, 0.15) is 58.8 Å². The number of imide groups is 1. The summed E-state index contributed by atoms with van der Waals surface area (Å²) in [6, 6.07) is 0.381. The molecular weight excluding hydrogens is 266 g/mol. The molecule has 0 radical (unpaired) electrons. The van der Waals surface area contributed by atoms with Crippen molar-refractivity contribution in [3.05, 3.63) is 0 Å². The first-order valence-corrected chi connectivity index (χ1v) is 8.40. The molecule has 0 bridgehead atoms. The van der Waals surface area contributed by atoms with Crippen LogP contribution in [-0.4, -0.2) is 42.0 Å². The van der Waals surface area contributed by atoms with E-state index in [0.717, 1.165) is 32.2 Å². The van der Waals surface area contributed by atoms with E-state index in [1.54, 1.807) is 0 Å². The molecule has 1 saturated carbocycles. The van der Waals surface area contributed by atoms with E-state index in [2.05, 4.69) is 29.4 Å². The molecule has 1 unspecified atom stereocenters. The van der Waals surface area contributed by atoms with E-state index in [1.165, 1.54) is 19.3 Å². The Balaban J connectivity index is 1.72. The summed E-state index contributed by atoms with van der Waals surface area (Å²) in [7, 11) is 0. The van der Waals surface area contributed by atoms with Crippen LogP contribution < -0.4 is 10.6 Å². The van der Waals surface area contributed by atoms with Gasteiger partial charge in [0.25, 0.3) is 0 Å². The van der Waals surface area contributed by atoms with Crippen LogP contribution in [0.5, 0.6) is 0 Å². The summed E-state index contributed by atoms with van der Waals surface area (Å²) in [4.78, 5) is 26.1. The lowest BCUT2D eigenvalue weighted by molar-refractivity contribution is -0.121. The summed E-state index contributed by atoms with van der Waals surface area (Å²) in [6.07, 6.45) is 7.95. The van der Waals surface area contributed by atoms with Gasteiger partial charge in [0, 0.05) is 12.1 Å². The van der Waals surface area contributed by atoms with Gasteiger partial charge in [-0.15, -0.1) is 0 Å². The molecule has 120 valence electrons. The molecule has 0 aromatic rings. The van der Waals surface area contributed by atoms with E-state index in [0.29, 0.717) is 18.5 Å². The second-order valence-electron chi connectivity index (χ2n) is 6.78. The second kappa shape index (κ2) is 7.78. The lowest BCUT2D eigenvalue weighted by atomic mass is 9.96. The van der Waals surface area contributed by atoms with Crippen LogP contribution in [0, 0.1) is 5.92 Å². The number of carbonyl (C=O) groups is 2. The van der Waals surface area contributed by atoms with Crippen molar-refractivity contribution < 1.29 is 9.59 Å². The first-order valence-electron chi connectivity index (χ1n) is 8.40. The Kier molecular flexibility index (Phi) is 6.03. The molecule has 2 aliphatic rings. The van der Waals surface area contributed by atoms with Gasteiger partial charge in [-0.25, -0.2) is 4.79 Å². The van der Waals surface area contributed by atoms with Gasteiger partial charge in [0.15, 0.2) is 0 Å². The fraction of sp³-hybridized carbons (Fsp3) is 0.875. The highest BCUT2D eigenvalue weighted by atomic mass is 16.2. The van der Waals surface area contributed by atoms with Crippen LogP contribution in [0.15, 0.2) is 0 Å². The van der Waals surface area contributed by atoms with Gasteiger partial charge in [0.05, 0.1) is 6.54 Å². The van der Waals surface area contributed by atoms with Crippen molar-refractivity contribution in [1.29, 1.82) is 0 Å². The minimum absolute atomic E-state index is 0.184. The molecule has 21 heavy (non-hydrogen) atoms. The highest BCUT2D eigenvalue weighted by molar-refractivity contribution is 5.95. The fourth-order valence-corrected chi connectivity index (χ4v) is 3.62. The maximum absolute atomic E-state index is 12.0. The van der Waals surface area contributed by atoms with E-state index in [-0.39, 0.29) is 18.0 Å². The molecule has 2 fully saturated rings. The summed E-state index contributed by atoms with van der Waals surface area (Å²) in [5.41, 5.74) is 0. The molecule has 0 spiro atoms. The molecular formula is C16H29N3O2. The molecule has 1 atom stereocenters. The maximum Gasteiger partial charge on any atom is 0.321 e. The van der Waals surface area contributed by atoms with Crippen LogP contribution >= 0.6 is 0 Å². The molecule has 1 heterocycles. The topological polar surface area (TPSA) is 61.4 Å². The average molecular weight is 295 g/mol. The average Bonchev–Trinajstić information content (AvgIpc) is 2.87. The summed E-state index contributed by atoms with van der Waals surface area (Å²) in [5.74, 6) is 0.368. The minimum atomic E-state index is -0.327. The summed E-state index contributed by atoms with van der Waals surface area (Å²) in [5, 5.41) is 5.40. The number of nitrogens with zero attached hydrogens (tertiary/aromatic N) is 1. The van der Waals surface area contributed by atoms with Crippen LogP contribution in [0.4, 0.5) is 4.79 Å². The molecule has 3 amide bonds. The van der Waals surface area contributed by atoms with Crippen molar-refractivity contribution in [1.82, 2.24) is 15.5 Å². The Hall–Kier alpha value is -1.10. The van der Waals surface area contributed by atoms with Gasteiger partial charge in [-0.1, -0.05) is 33.1 Å². The first kappa shape index (κ1) is 16.3. The van der Waals surface area contributed by atoms with Crippen LogP contribution in [-0.2, 0) is 4.79 Å². The summed E-state index contributed by atoms with van der Waals surface area (Å²) >= 11 is 0. The minimum Gasteiger partial charge on any atom is -0.335 e. The van der Waals surface area contributed by atoms with Gasteiger partial charge in [0.1, 0.15) is 0 Å². The number of likely N-dealkylation sites (tertiary alicyclic amines) is 1. The predicted octanol–water partition coefficient (Wildman–Crippen LogP) is 2.27. The monoisotopic (exact) mass is 295 g/mol. The predicted molar refractivity (Wildman–Crippen MR) is 83.0 cm³/mol. The fourth-order valence-electron chi connectivity index (χ4n) is 3.62. The molecule has 5 heteroatoms. The van der Waals surface area contributed by atoms with Crippen molar-refractivity contribution >= 4 is 11.9 Å². The Morgan fingerprint density at radius 3 is 2.48 bits per heavy atom. The lowest BCUT2D eigenvalue weighted by Gasteiger charge is -2.27. The number of rotatable bonds is 4. The summed E-state index contributed by atoms with van der Waals surface area (Å²) in [6.45, 7) is 5.68. The van der Waals surface area contributed by atoms with Crippen molar-refractivity contribution in [2.75, 3.05) is 13.1 Å². The van der Waals surface area contributed by atoms with Crippen molar-refractivity contribution in [2.24, 2.45) is 5.92 Å². The molecule has 1 saturated heterocycles. The van der Waals surface area contributed by atoms with E-state index in [1.807, 2.05) is 0 Å². The van der Waals surface area contributed by atoms with Gasteiger partial charge in [-0.05, 0) is 38.1 Å². The van der Waals surface area contributed by atoms with Crippen molar-refractivity contribution in [3.8, 4) is 0 Å². The molecule has 5 nitrogen and oxygen atoms in total. The van der Waals surface area contributed by atoms with Crippen LogP contribution in [0.3, 0.4) is 0 Å². The zero-order chi connectivity index (χ0) is 15.2. The second-order valence-corrected chi connectivity index (χ2v) is 6.78. The molecule has 2 N–H and O–H groups in total. The van der Waals surface area contributed by atoms with Gasteiger partial charge in [0.2, 0.25) is 5.91 Å². The third kappa shape index (κ3) is 4.99. The van der Waals surface area contributed by atoms with Gasteiger partial charge >= 0.3 is 6.03 Å². The standard InChI is InChI=1S/C16H29N3O2/c1-12(2)14-9-6-10-19(14)11-15(20)18-16(21)17-13-7-4-3-5-8-13/h12-14H,3-11H2,1-2H3,(H2,17,18,20,21). The molecule has 1 aliphatic heterocycles. The lowest BCUT2D eigenvalue weighted by Crippen LogP contribution is -2.49. The molecule has 0 aromatic carbocycles. The zero-order valence-electron chi connectivity index (χ0n) is 13.4. The number of carbonyl (C=O) groups excluding carboxylic acids is 2. The number of amides is 3. The Labute approximate surface area is 127 Å². The Morgan fingerprint density at radius 1 is 1.10 bits per heavy atom. The van der Waals surface area contributed by atoms with Gasteiger partial charge < -0.3 is 5.32 Å². The highest BCUT2D eigenvalue weighted by Gasteiger charge is 2.28. The third-order valence-corrected chi connectivity index (χ3v) is 4.72. The molecule has 0 aromatic heterocycles. The Bertz CT molecular complexity index is 365. The van der Waals surface area contributed by atoms with E-state index < -0.39 is 0 Å². The van der Waals surface area contributed by atoms with E-state index >= 15 is 0 Å². The molecule has 2 rings (SSSR count). The first-order chi connectivity index (χ1) is 10.1. The maximum atomic E-state index is 12.0. The van der Waals surface area contributed by atoms with Crippen molar-refractivity contribution in [2.45, 2.75) is 70.9 Å². The summed E-state index contributed by atoms with van der Waals surface area (Å²) < 4.78 is 0. The Morgan fingerprint density at radius 2 is 1.81 bits per heavy atom. The largest absolute Gasteiger partial charge is 0.335 e. The number of hydrogen-bond donors (Lipinski definition) is 2. The van der Waals surface area contributed by atoms with Crippen molar-refractivity contribution in [3.63, 3.8) is 0 Å². The van der Waals surface area contributed by atoms with E-state index in [9.17, 15) is 9.59 Å². The number of nitrogens with one attached hydrogen (secondary N) is 2. The molecule has 1 aliphatic carbocycles. The number of hydrogen-bond acceptors (Lipinski definition) is 3. The number of urea groups is 1. The van der Waals surface area contributed by atoms with Crippen LogP contribution in [0.2, 0.25) is 0 Å². The van der Waals surface area contributed by atoms with Crippen LogP contribution in [0.25, 0.3) is 0 Å². The zero-order valence-corrected chi connectivity index (χ0v) is 13.4.